The molecule has 2 rings (SSSR count). The van der Waals surface area contributed by atoms with Gasteiger partial charge in [0.15, 0.2) is 0 Å². The number of thiazole rings is 1. The minimum Gasteiger partial charge on any atom is -0.378 e. The van der Waals surface area contributed by atoms with Crippen molar-refractivity contribution in [3.05, 3.63) is 16.1 Å². The second-order valence-electron chi connectivity index (χ2n) is 5.05. The SMILES string of the molecule is CCOC(C)c1nc(CN(C)C(=O)C2COCCN2)cs1. The number of nitrogens with one attached hydrogen (secondary N) is 1. The Balaban J connectivity index is 1.89. The molecule has 118 valence electrons. The number of amides is 1. The van der Waals surface area contributed by atoms with Gasteiger partial charge in [0.05, 0.1) is 25.5 Å². The molecule has 21 heavy (non-hydrogen) atoms. The number of ether oxygens (including phenoxy) is 2. The summed E-state index contributed by atoms with van der Waals surface area (Å²) < 4.78 is 10.9. The zero-order chi connectivity index (χ0) is 15.2. The van der Waals surface area contributed by atoms with Crippen LogP contribution in [0, 0.1) is 0 Å². The van der Waals surface area contributed by atoms with Gasteiger partial charge in [0, 0.05) is 25.6 Å². The van der Waals surface area contributed by atoms with Gasteiger partial charge in [-0.1, -0.05) is 0 Å². The van der Waals surface area contributed by atoms with Crippen LogP contribution in [0.25, 0.3) is 0 Å². The van der Waals surface area contributed by atoms with Gasteiger partial charge in [0.2, 0.25) is 5.91 Å². The maximum absolute atomic E-state index is 12.3. The van der Waals surface area contributed by atoms with E-state index in [1.807, 2.05) is 19.2 Å². The first-order valence-electron chi connectivity index (χ1n) is 7.23. The fourth-order valence-corrected chi connectivity index (χ4v) is 3.03. The van der Waals surface area contributed by atoms with Crippen molar-refractivity contribution in [2.75, 3.05) is 33.4 Å². The summed E-state index contributed by atoms with van der Waals surface area (Å²) in [5, 5.41) is 6.11. The Morgan fingerprint density at radius 3 is 3.19 bits per heavy atom. The van der Waals surface area contributed by atoms with Gasteiger partial charge in [-0.2, -0.15) is 0 Å². The lowest BCUT2D eigenvalue weighted by Gasteiger charge is -2.27. The number of carbonyl (C=O) groups excluding carboxylic acids is 1. The van der Waals surface area contributed by atoms with Gasteiger partial charge in [-0.25, -0.2) is 4.98 Å². The molecule has 0 bridgehead atoms. The van der Waals surface area contributed by atoms with Crippen LogP contribution in [-0.4, -0.2) is 55.2 Å². The molecule has 2 heterocycles. The normalized spacial score (nSPS) is 20.2. The highest BCUT2D eigenvalue weighted by molar-refractivity contribution is 7.09. The fraction of sp³-hybridized carbons (Fsp3) is 0.714. The van der Waals surface area contributed by atoms with Crippen LogP contribution in [0.5, 0.6) is 0 Å². The van der Waals surface area contributed by atoms with E-state index >= 15 is 0 Å². The van der Waals surface area contributed by atoms with Crippen LogP contribution < -0.4 is 5.32 Å². The third kappa shape index (κ3) is 4.47. The summed E-state index contributed by atoms with van der Waals surface area (Å²) >= 11 is 1.57. The van der Waals surface area contributed by atoms with Crippen LogP contribution in [0.15, 0.2) is 5.38 Å². The lowest BCUT2D eigenvalue weighted by atomic mass is 10.2. The summed E-state index contributed by atoms with van der Waals surface area (Å²) in [6.07, 6.45) is 0.00293. The predicted octanol–water partition coefficient (Wildman–Crippen LogP) is 1.19. The average molecular weight is 313 g/mol. The summed E-state index contributed by atoms with van der Waals surface area (Å²) in [6.45, 7) is 6.96. The Labute approximate surface area is 129 Å². The van der Waals surface area contributed by atoms with E-state index in [-0.39, 0.29) is 18.1 Å². The number of hydrogen-bond donors (Lipinski definition) is 1. The molecule has 0 aliphatic carbocycles. The topological polar surface area (TPSA) is 63.7 Å². The number of carbonyl (C=O) groups is 1. The minimum atomic E-state index is -0.246. The molecule has 1 aromatic rings. The Morgan fingerprint density at radius 1 is 1.71 bits per heavy atom. The van der Waals surface area contributed by atoms with E-state index < -0.39 is 0 Å². The quantitative estimate of drug-likeness (QED) is 0.854. The second kappa shape index (κ2) is 7.84. The molecule has 1 fully saturated rings. The van der Waals surface area contributed by atoms with Crippen molar-refractivity contribution in [1.29, 1.82) is 0 Å². The monoisotopic (exact) mass is 313 g/mol. The van der Waals surface area contributed by atoms with Crippen LogP contribution in [0.4, 0.5) is 0 Å². The van der Waals surface area contributed by atoms with E-state index in [2.05, 4.69) is 10.3 Å². The molecule has 0 saturated carbocycles. The van der Waals surface area contributed by atoms with E-state index in [1.165, 1.54) is 0 Å². The molecule has 0 radical (unpaired) electrons. The molecule has 1 aliphatic heterocycles. The van der Waals surface area contributed by atoms with Gasteiger partial charge in [-0.05, 0) is 13.8 Å². The molecule has 7 heteroatoms. The minimum absolute atomic E-state index is 0.00293. The van der Waals surface area contributed by atoms with Crippen LogP contribution >= 0.6 is 11.3 Å². The first-order chi connectivity index (χ1) is 10.1. The first-order valence-corrected chi connectivity index (χ1v) is 8.11. The molecular formula is C14H23N3O3S. The van der Waals surface area contributed by atoms with Crippen molar-refractivity contribution >= 4 is 17.2 Å². The second-order valence-corrected chi connectivity index (χ2v) is 5.94. The van der Waals surface area contributed by atoms with Crippen LogP contribution in [0.2, 0.25) is 0 Å². The number of aromatic nitrogens is 1. The highest BCUT2D eigenvalue weighted by atomic mass is 32.1. The largest absolute Gasteiger partial charge is 0.378 e. The number of morpholine rings is 1. The maximum atomic E-state index is 12.3. The molecule has 2 atom stereocenters. The lowest BCUT2D eigenvalue weighted by Crippen LogP contribution is -2.51. The van der Waals surface area contributed by atoms with E-state index in [0.717, 1.165) is 17.2 Å². The van der Waals surface area contributed by atoms with E-state index in [1.54, 1.807) is 23.3 Å². The smallest absolute Gasteiger partial charge is 0.242 e. The van der Waals surface area contributed by atoms with Crippen LogP contribution in [0.1, 0.15) is 30.7 Å². The van der Waals surface area contributed by atoms with Crippen molar-refractivity contribution in [2.45, 2.75) is 32.5 Å². The van der Waals surface area contributed by atoms with Gasteiger partial charge >= 0.3 is 0 Å². The number of nitrogens with zero attached hydrogens (tertiary/aromatic N) is 2. The number of hydrogen-bond acceptors (Lipinski definition) is 6. The molecule has 1 amide bonds. The summed E-state index contributed by atoms with van der Waals surface area (Å²) in [7, 11) is 1.80. The number of rotatable bonds is 6. The highest BCUT2D eigenvalue weighted by Gasteiger charge is 2.24. The van der Waals surface area contributed by atoms with E-state index in [0.29, 0.717) is 26.4 Å². The Kier molecular flexibility index (Phi) is 6.10. The van der Waals surface area contributed by atoms with Gasteiger partial charge in [0.25, 0.3) is 0 Å². The Morgan fingerprint density at radius 2 is 2.52 bits per heavy atom. The third-order valence-corrected chi connectivity index (χ3v) is 4.38. The van der Waals surface area contributed by atoms with Crippen molar-refractivity contribution in [1.82, 2.24) is 15.2 Å². The van der Waals surface area contributed by atoms with E-state index in [9.17, 15) is 4.79 Å². The summed E-state index contributed by atoms with van der Waals surface area (Å²) in [4.78, 5) is 18.5. The van der Waals surface area contributed by atoms with Crippen molar-refractivity contribution < 1.29 is 14.3 Å². The van der Waals surface area contributed by atoms with Gasteiger partial charge in [-0.3, -0.25) is 4.79 Å². The van der Waals surface area contributed by atoms with E-state index in [4.69, 9.17) is 9.47 Å². The Bertz CT molecular complexity index is 460. The molecule has 2 unspecified atom stereocenters. The molecule has 1 N–H and O–H groups in total. The predicted molar refractivity (Wildman–Crippen MR) is 81.2 cm³/mol. The van der Waals surface area contributed by atoms with Crippen molar-refractivity contribution in [3.63, 3.8) is 0 Å². The first kappa shape index (κ1) is 16.4. The molecule has 1 aliphatic rings. The van der Waals surface area contributed by atoms with Crippen LogP contribution in [0.3, 0.4) is 0 Å². The molecule has 0 spiro atoms. The summed E-state index contributed by atoms with van der Waals surface area (Å²) in [6, 6.07) is -0.246. The summed E-state index contributed by atoms with van der Waals surface area (Å²) in [5.41, 5.74) is 0.897. The van der Waals surface area contributed by atoms with Gasteiger partial charge in [0.1, 0.15) is 17.2 Å². The molecule has 0 aromatic carbocycles. The fourth-order valence-electron chi connectivity index (χ4n) is 2.21. The maximum Gasteiger partial charge on any atom is 0.242 e. The standard InChI is InChI=1S/C14H23N3O3S/c1-4-20-10(2)13-16-11(9-21-13)7-17(3)14(18)12-8-19-6-5-15-12/h9-10,12,15H,4-8H2,1-3H3. The van der Waals surface area contributed by atoms with Crippen molar-refractivity contribution in [2.24, 2.45) is 0 Å². The van der Waals surface area contributed by atoms with Crippen LogP contribution in [-0.2, 0) is 20.8 Å². The van der Waals surface area contributed by atoms with Gasteiger partial charge < -0.3 is 19.7 Å². The van der Waals surface area contributed by atoms with Gasteiger partial charge in [-0.15, -0.1) is 11.3 Å². The zero-order valence-corrected chi connectivity index (χ0v) is 13.6. The Hall–Kier alpha value is -1.02. The molecule has 1 aromatic heterocycles. The third-order valence-electron chi connectivity index (χ3n) is 3.33. The molecular weight excluding hydrogens is 290 g/mol. The lowest BCUT2D eigenvalue weighted by molar-refractivity contribution is -0.135. The zero-order valence-electron chi connectivity index (χ0n) is 12.8. The molecule has 6 nitrogen and oxygen atoms in total. The summed E-state index contributed by atoms with van der Waals surface area (Å²) in [5.74, 6) is 0.0436. The highest BCUT2D eigenvalue weighted by Crippen LogP contribution is 2.21. The van der Waals surface area contributed by atoms with Crippen molar-refractivity contribution in [3.8, 4) is 0 Å². The molecule has 1 saturated heterocycles. The average Bonchev–Trinajstić information content (AvgIpc) is 2.96. The number of likely N-dealkylation sites (N-methyl/N-ethyl adjacent to an activating group) is 1.